The molecule has 0 aliphatic rings. The maximum absolute atomic E-state index is 12.3. The van der Waals surface area contributed by atoms with Crippen LogP contribution in [0.2, 0.25) is 0 Å². The second kappa shape index (κ2) is 9.39. The highest BCUT2D eigenvalue weighted by Gasteiger charge is 2.31. The van der Waals surface area contributed by atoms with E-state index in [1.54, 1.807) is 6.07 Å². The van der Waals surface area contributed by atoms with Gasteiger partial charge < -0.3 is 15.8 Å². The molecular weight excluding hydrogens is 309 g/mol. The number of hydrogen-bond acceptors (Lipinski definition) is 3. The van der Waals surface area contributed by atoms with E-state index in [0.29, 0.717) is 12.1 Å². The van der Waals surface area contributed by atoms with Crippen LogP contribution in [0.1, 0.15) is 38.2 Å². The van der Waals surface area contributed by atoms with Crippen molar-refractivity contribution >= 4 is 5.91 Å². The molecule has 3 N–H and O–H groups in total. The average molecular weight is 332 g/mol. The van der Waals surface area contributed by atoms with Crippen molar-refractivity contribution in [3.63, 3.8) is 0 Å². The maximum Gasteiger partial charge on any atom is 0.573 e. The van der Waals surface area contributed by atoms with Gasteiger partial charge in [0.05, 0.1) is 0 Å². The Hall–Kier alpha value is -1.76. The summed E-state index contributed by atoms with van der Waals surface area (Å²) >= 11 is 0. The largest absolute Gasteiger partial charge is 0.573 e. The standard InChI is InChI=1S/C16H23F3N2O2/c1-2-3-7-13(11-20)21-15(22)10-9-12-6-4-5-8-14(12)23-16(17,18)19/h4-6,8,13H,2-3,7,9-11,20H2,1H3,(H,21,22). The zero-order valence-electron chi connectivity index (χ0n) is 13.2. The highest BCUT2D eigenvalue weighted by atomic mass is 19.4. The van der Waals surface area contributed by atoms with Crippen LogP contribution >= 0.6 is 0 Å². The van der Waals surface area contributed by atoms with E-state index in [1.807, 2.05) is 6.92 Å². The number of hydrogen-bond donors (Lipinski definition) is 2. The van der Waals surface area contributed by atoms with Crippen molar-refractivity contribution in [1.82, 2.24) is 5.32 Å². The second-order valence-electron chi connectivity index (χ2n) is 5.30. The number of aryl methyl sites for hydroxylation is 1. The van der Waals surface area contributed by atoms with Gasteiger partial charge in [-0.3, -0.25) is 4.79 Å². The third-order valence-electron chi connectivity index (χ3n) is 3.38. The van der Waals surface area contributed by atoms with E-state index in [2.05, 4.69) is 10.1 Å². The molecule has 0 saturated heterocycles. The van der Waals surface area contributed by atoms with Gasteiger partial charge >= 0.3 is 6.36 Å². The summed E-state index contributed by atoms with van der Waals surface area (Å²) in [5.41, 5.74) is 5.95. The van der Waals surface area contributed by atoms with Crippen molar-refractivity contribution in [1.29, 1.82) is 0 Å². The van der Waals surface area contributed by atoms with Crippen molar-refractivity contribution in [2.75, 3.05) is 6.54 Å². The van der Waals surface area contributed by atoms with E-state index in [1.165, 1.54) is 18.2 Å². The molecule has 0 aliphatic carbocycles. The SMILES string of the molecule is CCCCC(CN)NC(=O)CCc1ccccc1OC(F)(F)F. The smallest absolute Gasteiger partial charge is 0.406 e. The highest BCUT2D eigenvalue weighted by molar-refractivity contribution is 5.76. The number of para-hydroxylation sites is 1. The van der Waals surface area contributed by atoms with Gasteiger partial charge in [0.25, 0.3) is 0 Å². The summed E-state index contributed by atoms with van der Waals surface area (Å²) in [7, 11) is 0. The van der Waals surface area contributed by atoms with E-state index in [9.17, 15) is 18.0 Å². The normalized spacial score (nSPS) is 12.7. The first-order valence-electron chi connectivity index (χ1n) is 7.68. The number of alkyl halides is 3. The van der Waals surface area contributed by atoms with Gasteiger partial charge in [0.2, 0.25) is 5.91 Å². The van der Waals surface area contributed by atoms with Gasteiger partial charge in [-0.15, -0.1) is 13.2 Å². The monoisotopic (exact) mass is 332 g/mol. The maximum atomic E-state index is 12.3. The topological polar surface area (TPSA) is 64.3 Å². The molecule has 4 nitrogen and oxygen atoms in total. The number of carbonyl (C=O) groups excluding carboxylic acids is 1. The Morgan fingerprint density at radius 3 is 2.65 bits per heavy atom. The van der Waals surface area contributed by atoms with Crippen LogP contribution in [0.3, 0.4) is 0 Å². The first kappa shape index (κ1) is 19.3. The summed E-state index contributed by atoms with van der Waals surface area (Å²) in [6.07, 6.45) is -1.72. The number of unbranched alkanes of at least 4 members (excludes halogenated alkanes) is 1. The van der Waals surface area contributed by atoms with Gasteiger partial charge in [-0.25, -0.2) is 0 Å². The lowest BCUT2D eigenvalue weighted by Crippen LogP contribution is -2.40. The van der Waals surface area contributed by atoms with Crippen molar-refractivity contribution in [2.45, 2.75) is 51.4 Å². The summed E-state index contributed by atoms with van der Waals surface area (Å²) in [6.45, 7) is 2.40. The van der Waals surface area contributed by atoms with Crippen LogP contribution < -0.4 is 15.8 Å². The van der Waals surface area contributed by atoms with Crippen LogP contribution in [0, 0.1) is 0 Å². The molecule has 0 aromatic heterocycles. The quantitative estimate of drug-likeness (QED) is 0.730. The molecule has 0 spiro atoms. The number of halogens is 3. The van der Waals surface area contributed by atoms with E-state index in [-0.39, 0.29) is 30.5 Å². The van der Waals surface area contributed by atoms with Gasteiger partial charge in [0.1, 0.15) is 5.75 Å². The van der Waals surface area contributed by atoms with E-state index < -0.39 is 6.36 Å². The van der Waals surface area contributed by atoms with Crippen molar-refractivity contribution in [3.8, 4) is 5.75 Å². The Bertz CT molecular complexity index is 492. The molecule has 1 rings (SSSR count). The first-order chi connectivity index (χ1) is 10.9. The fourth-order valence-electron chi connectivity index (χ4n) is 2.18. The third kappa shape index (κ3) is 7.88. The number of ether oxygens (including phenoxy) is 1. The molecular formula is C16H23F3N2O2. The summed E-state index contributed by atoms with van der Waals surface area (Å²) in [6, 6.07) is 5.74. The summed E-state index contributed by atoms with van der Waals surface area (Å²) in [5, 5.41) is 2.81. The van der Waals surface area contributed by atoms with Gasteiger partial charge in [0.15, 0.2) is 0 Å². The predicted octanol–water partition coefficient (Wildman–Crippen LogP) is 3.15. The first-order valence-corrected chi connectivity index (χ1v) is 7.68. The number of rotatable bonds is 9. The molecule has 1 amide bonds. The number of benzene rings is 1. The summed E-state index contributed by atoms with van der Waals surface area (Å²) in [5.74, 6) is -0.493. The van der Waals surface area contributed by atoms with Crippen LogP contribution in [0.25, 0.3) is 0 Å². The highest BCUT2D eigenvalue weighted by Crippen LogP contribution is 2.26. The Labute approximate surface area is 134 Å². The van der Waals surface area contributed by atoms with Crippen LogP contribution in [0.4, 0.5) is 13.2 Å². The predicted molar refractivity (Wildman–Crippen MR) is 82.0 cm³/mol. The lowest BCUT2D eigenvalue weighted by Gasteiger charge is -2.17. The molecule has 1 aromatic carbocycles. The Balaban J connectivity index is 2.55. The minimum Gasteiger partial charge on any atom is -0.406 e. The Morgan fingerprint density at radius 1 is 1.35 bits per heavy atom. The summed E-state index contributed by atoms with van der Waals surface area (Å²) in [4.78, 5) is 11.9. The Kier molecular flexibility index (Phi) is 7.88. The number of nitrogens with one attached hydrogen (secondary N) is 1. The molecule has 0 heterocycles. The van der Waals surface area contributed by atoms with E-state index in [4.69, 9.17) is 5.73 Å². The molecule has 0 aliphatic heterocycles. The zero-order chi connectivity index (χ0) is 17.3. The van der Waals surface area contributed by atoms with Crippen LogP contribution in [0.5, 0.6) is 5.75 Å². The van der Waals surface area contributed by atoms with E-state index in [0.717, 1.165) is 19.3 Å². The number of nitrogens with two attached hydrogens (primary N) is 1. The minimum atomic E-state index is -4.75. The minimum absolute atomic E-state index is 0.0842. The number of carbonyl (C=O) groups is 1. The third-order valence-corrected chi connectivity index (χ3v) is 3.38. The van der Waals surface area contributed by atoms with Crippen molar-refractivity contribution < 1.29 is 22.7 Å². The fourth-order valence-corrected chi connectivity index (χ4v) is 2.18. The van der Waals surface area contributed by atoms with Crippen molar-refractivity contribution in [2.24, 2.45) is 5.73 Å². The molecule has 7 heteroatoms. The van der Waals surface area contributed by atoms with Crippen LogP contribution in [0.15, 0.2) is 24.3 Å². The average Bonchev–Trinajstić information content (AvgIpc) is 2.49. The molecule has 0 radical (unpaired) electrons. The molecule has 1 unspecified atom stereocenters. The molecule has 0 fully saturated rings. The lowest BCUT2D eigenvalue weighted by molar-refractivity contribution is -0.274. The summed E-state index contributed by atoms with van der Waals surface area (Å²) < 4.78 is 41.0. The Morgan fingerprint density at radius 2 is 2.04 bits per heavy atom. The fraction of sp³-hybridized carbons (Fsp3) is 0.562. The van der Waals surface area contributed by atoms with Gasteiger partial charge in [-0.05, 0) is 24.5 Å². The molecule has 1 aromatic rings. The van der Waals surface area contributed by atoms with Crippen LogP contribution in [-0.4, -0.2) is 24.9 Å². The number of amides is 1. The molecule has 130 valence electrons. The van der Waals surface area contributed by atoms with Gasteiger partial charge in [0, 0.05) is 19.0 Å². The molecule has 0 bridgehead atoms. The van der Waals surface area contributed by atoms with E-state index >= 15 is 0 Å². The second-order valence-corrected chi connectivity index (χ2v) is 5.30. The van der Waals surface area contributed by atoms with Gasteiger partial charge in [-0.2, -0.15) is 0 Å². The van der Waals surface area contributed by atoms with Crippen molar-refractivity contribution in [3.05, 3.63) is 29.8 Å². The lowest BCUT2D eigenvalue weighted by atomic mass is 10.1. The van der Waals surface area contributed by atoms with Crippen LogP contribution in [-0.2, 0) is 11.2 Å². The molecule has 23 heavy (non-hydrogen) atoms. The zero-order valence-corrected chi connectivity index (χ0v) is 13.2. The molecule has 1 atom stereocenters. The molecule has 0 saturated carbocycles. The van der Waals surface area contributed by atoms with Gasteiger partial charge in [-0.1, -0.05) is 38.0 Å².